The maximum atomic E-state index is 13.0. The van der Waals surface area contributed by atoms with Gasteiger partial charge in [0.25, 0.3) is 5.91 Å². The molecule has 8 nitrogen and oxygen atoms in total. The number of nitrogens with zero attached hydrogens (tertiary/aromatic N) is 5. The number of amides is 2. The fraction of sp³-hybridized carbons (Fsp3) is 0.355. The minimum Gasteiger partial charge on any atom is -0.364 e. The Morgan fingerprint density at radius 3 is 2.59 bits per heavy atom. The molecule has 0 saturated carbocycles. The molecule has 1 unspecified atom stereocenters. The number of benzene rings is 1. The van der Waals surface area contributed by atoms with Crippen molar-refractivity contribution in [3.05, 3.63) is 89.6 Å². The van der Waals surface area contributed by atoms with E-state index < -0.39 is 5.91 Å². The minimum atomic E-state index is -0.508. The van der Waals surface area contributed by atoms with Gasteiger partial charge in [-0.05, 0) is 66.0 Å². The summed E-state index contributed by atoms with van der Waals surface area (Å²) in [5.74, 6) is -0.324. The Morgan fingerprint density at radius 1 is 1.03 bits per heavy atom. The Kier molecular flexibility index (Phi) is 5.74. The number of imidazole rings is 1. The molecule has 1 aromatic carbocycles. The van der Waals surface area contributed by atoms with E-state index in [0.717, 1.165) is 74.3 Å². The van der Waals surface area contributed by atoms with E-state index in [9.17, 15) is 9.59 Å². The third-order valence-electron chi connectivity index (χ3n) is 8.98. The number of fused-ring (bicyclic) bond motifs is 2. The fourth-order valence-electron chi connectivity index (χ4n) is 6.79. The van der Waals surface area contributed by atoms with Crippen LogP contribution < -0.4 is 5.73 Å². The van der Waals surface area contributed by atoms with Crippen LogP contribution in [0, 0.1) is 5.41 Å². The topological polar surface area (TPSA) is 96.8 Å². The van der Waals surface area contributed by atoms with Crippen LogP contribution in [-0.2, 0) is 17.6 Å². The molecule has 2 saturated heterocycles. The summed E-state index contributed by atoms with van der Waals surface area (Å²) < 4.78 is 1.97. The van der Waals surface area contributed by atoms with Gasteiger partial charge in [-0.3, -0.25) is 19.5 Å². The largest absolute Gasteiger partial charge is 0.364 e. The van der Waals surface area contributed by atoms with Gasteiger partial charge in [0.2, 0.25) is 5.91 Å². The highest BCUT2D eigenvalue weighted by atomic mass is 16.2. The van der Waals surface area contributed by atoms with Gasteiger partial charge in [-0.1, -0.05) is 30.3 Å². The van der Waals surface area contributed by atoms with Crippen LogP contribution in [0.25, 0.3) is 16.8 Å². The molecular weight excluding hydrogens is 488 g/mol. The van der Waals surface area contributed by atoms with Crippen molar-refractivity contribution < 1.29 is 9.59 Å². The molecule has 2 fully saturated rings. The zero-order valence-electron chi connectivity index (χ0n) is 21.9. The molecule has 0 bridgehead atoms. The first-order valence-corrected chi connectivity index (χ1v) is 13.8. The molecule has 1 atom stereocenters. The van der Waals surface area contributed by atoms with E-state index in [1.54, 1.807) is 12.3 Å². The fourth-order valence-corrected chi connectivity index (χ4v) is 6.79. The first-order chi connectivity index (χ1) is 19.0. The molecule has 198 valence electrons. The van der Waals surface area contributed by atoms with Crippen molar-refractivity contribution in [1.29, 1.82) is 0 Å². The first kappa shape index (κ1) is 24.0. The van der Waals surface area contributed by atoms with Crippen molar-refractivity contribution in [2.75, 3.05) is 26.2 Å². The van der Waals surface area contributed by atoms with Gasteiger partial charge in [0.15, 0.2) is 0 Å². The van der Waals surface area contributed by atoms with Crippen LogP contribution in [0.1, 0.15) is 52.6 Å². The van der Waals surface area contributed by atoms with E-state index in [2.05, 4.69) is 33.1 Å². The van der Waals surface area contributed by atoms with Gasteiger partial charge in [-0.25, -0.2) is 4.98 Å². The van der Waals surface area contributed by atoms with Gasteiger partial charge in [0.05, 0.1) is 12.1 Å². The molecule has 2 aliphatic heterocycles. The summed E-state index contributed by atoms with van der Waals surface area (Å²) in [6.45, 7) is 3.91. The minimum absolute atomic E-state index is 0.185. The highest BCUT2D eigenvalue weighted by Gasteiger charge is 2.48. The van der Waals surface area contributed by atoms with E-state index in [1.807, 2.05) is 46.0 Å². The summed E-state index contributed by atoms with van der Waals surface area (Å²) in [6.07, 6.45) is 10.4. The summed E-state index contributed by atoms with van der Waals surface area (Å²) in [5.41, 5.74) is 12.6. The lowest BCUT2D eigenvalue weighted by Gasteiger charge is -2.56. The van der Waals surface area contributed by atoms with Gasteiger partial charge < -0.3 is 15.0 Å². The van der Waals surface area contributed by atoms with Crippen molar-refractivity contribution in [2.45, 2.75) is 38.1 Å². The summed E-state index contributed by atoms with van der Waals surface area (Å²) in [5, 5.41) is 0. The highest BCUT2D eigenvalue weighted by molar-refractivity contribution is 5.91. The van der Waals surface area contributed by atoms with Crippen LogP contribution in [0.5, 0.6) is 0 Å². The van der Waals surface area contributed by atoms with Gasteiger partial charge in [0, 0.05) is 56.4 Å². The quantitative estimate of drug-likeness (QED) is 0.433. The lowest BCUT2D eigenvalue weighted by Crippen LogP contribution is -2.61. The van der Waals surface area contributed by atoms with Gasteiger partial charge in [0.1, 0.15) is 11.3 Å². The van der Waals surface area contributed by atoms with Crippen LogP contribution in [0.2, 0.25) is 0 Å². The second kappa shape index (κ2) is 9.31. The standard InChI is InChI=1S/C31H32N6O2/c32-30(39)26-8-5-23(17-33-26)21-4-7-25-22(15-21)6-9-27(25)37-19-31(20-37)10-13-35(14-11-31)29(38)16-24-18-36-12-2-1-3-28(36)34-24/h1-5,7-8,12,15,17-18,27H,6,9-11,13-14,16,19-20H2,(H2,32,39). The zero-order chi connectivity index (χ0) is 26.6. The average Bonchev–Trinajstić information content (AvgIpc) is 3.55. The summed E-state index contributed by atoms with van der Waals surface area (Å²) in [6, 6.07) is 16.7. The predicted octanol–water partition coefficient (Wildman–Crippen LogP) is 3.65. The number of aromatic nitrogens is 3. The molecule has 3 aliphatic rings. The van der Waals surface area contributed by atoms with Gasteiger partial charge in [-0.2, -0.15) is 0 Å². The average molecular weight is 521 g/mol. The van der Waals surface area contributed by atoms with Crippen LogP contribution in [-0.4, -0.2) is 62.2 Å². The normalized spacial score (nSPS) is 20.2. The number of piperidine rings is 1. The Morgan fingerprint density at radius 2 is 1.85 bits per heavy atom. The molecule has 2 amide bonds. The molecule has 1 spiro atoms. The van der Waals surface area contributed by atoms with Crippen LogP contribution >= 0.6 is 0 Å². The Hall–Kier alpha value is -4.04. The smallest absolute Gasteiger partial charge is 0.267 e. The SMILES string of the molecule is NC(=O)c1ccc(-c2ccc3c(c2)CCC3N2CC3(CCN(C(=O)Cc4cn5ccccc5n4)CC3)C2)cn1. The van der Waals surface area contributed by atoms with E-state index >= 15 is 0 Å². The van der Waals surface area contributed by atoms with E-state index in [-0.39, 0.29) is 11.6 Å². The molecule has 5 heterocycles. The lowest BCUT2D eigenvalue weighted by molar-refractivity contribution is -0.136. The Bertz CT molecular complexity index is 1530. The molecule has 4 aromatic rings. The lowest BCUT2D eigenvalue weighted by atomic mass is 9.71. The second-order valence-electron chi connectivity index (χ2n) is 11.4. The first-order valence-electron chi connectivity index (χ1n) is 13.8. The molecule has 3 aromatic heterocycles. The summed E-state index contributed by atoms with van der Waals surface area (Å²) in [7, 11) is 0. The van der Waals surface area contributed by atoms with Gasteiger partial charge in [-0.15, -0.1) is 0 Å². The van der Waals surface area contributed by atoms with Crippen molar-refractivity contribution >= 4 is 17.5 Å². The predicted molar refractivity (Wildman–Crippen MR) is 148 cm³/mol. The Labute approximate surface area is 227 Å². The number of likely N-dealkylation sites (tertiary alicyclic amines) is 2. The highest BCUT2D eigenvalue weighted by Crippen LogP contribution is 2.48. The number of hydrogen-bond donors (Lipinski definition) is 1. The maximum Gasteiger partial charge on any atom is 0.267 e. The third kappa shape index (κ3) is 4.38. The number of aryl methyl sites for hydroxylation is 1. The van der Waals surface area contributed by atoms with Crippen molar-refractivity contribution in [3.8, 4) is 11.1 Å². The number of nitrogens with two attached hydrogens (primary N) is 1. The van der Waals surface area contributed by atoms with Crippen molar-refractivity contribution in [2.24, 2.45) is 11.1 Å². The molecule has 7 rings (SSSR count). The monoisotopic (exact) mass is 520 g/mol. The number of carbonyl (C=O) groups excluding carboxylic acids is 2. The molecule has 0 radical (unpaired) electrons. The number of hydrogen-bond acceptors (Lipinski definition) is 5. The van der Waals surface area contributed by atoms with Gasteiger partial charge >= 0.3 is 0 Å². The van der Waals surface area contributed by atoms with E-state index in [0.29, 0.717) is 17.9 Å². The van der Waals surface area contributed by atoms with Crippen LogP contribution in [0.4, 0.5) is 0 Å². The number of pyridine rings is 2. The molecule has 8 heteroatoms. The third-order valence-corrected chi connectivity index (χ3v) is 8.98. The number of primary amides is 1. The summed E-state index contributed by atoms with van der Waals surface area (Å²) >= 11 is 0. The molecule has 1 aliphatic carbocycles. The maximum absolute atomic E-state index is 13.0. The Balaban J connectivity index is 0.949. The molecule has 39 heavy (non-hydrogen) atoms. The number of carbonyl (C=O) groups is 2. The van der Waals surface area contributed by atoms with Crippen LogP contribution in [0.15, 0.2) is 67.1 Å². The van der Waals surface area contributed by atoms with Crippen molar-refractivity contribution in [1.82, 2.24) is 24.2 Å². The van der Waals surface area contributed by atoms with E-state index in [4.69, 9.17) is 5.73 Å². The van der Waals surface area contributed by atoms with Crippen LogP contribution in [0.3, 0.4) is 0 Å². The summed E-state index contributed by atoms with van der Waals surface area (Å²) in [4.78, 5) is 37.8. The van der Waals surface area contributed by atoms with Crippen molar-refractivity contribution in [3.63, 3.8) is 0 Å². The number of rotatable bonds is 5. The molecule has 2 N–H and O–H groups in total. The molecular formula is C31H32N6O2. The zero-order valence-corrected chi connectivity index (χ0v) is 21.9. The van der Waals surface area contributed by atoms with E-state index in [1.165, 1.54) is 11.1 Å². The second-order valence-corrected chi connectivity index (χ2v) is 11.4.